The molecular weight excluding hydrogens is 482 g/mol. The first-order chi connectivity index (χ1) is 16.8. The SMILES string of the molecule is COc1cc([C@@H]2c3cc4c(cc3/C(=N/OS(C)(=O)=O)[C@H]3COC(=O)[C@@H]23)OCO4)cc(OC)c1OC. The summed E-state index contributed by atoms with van der Waals surface area (Å²) in [5.41, 5.74) is 2.22. The summed E-state index contributed by atoms with van der Waals surface area (Å²) in [4.78, 5) is 13.0. The Morgan fingerprint density at radius 3 is 2.20 bits per heavy atom. The lowest BCUT2D eigenvalue weighted by atomic mass is 9.66. The van der Waals surface area contributed by atoms with Gasteiger partial charge in [-0.1, -0.05) is 5.16 Å². The van der Waals surface area contributed by atoms with E-state index < -0.39 is 33.8 Å². The molecular formula is C23H23NO10S. The highest BCUT2D eigenvalue weighted by Crippen LogP contribution is 2.52. The number of rotatable bonds is 6. The van der Waals surface area contributed by atoms with Crippen molar-refractivity contribution < 1.29 is 45.9 Å². The lowest BCUT2D eigenvalue weighted by Gasteiger charge is -2.34. The van der Waals surface area contributed by atoms with Gasteiger partial charge in [0.25, 0.3) is 0 Å². The van der Waals surface area contributed by atoms with Crippen molar-refractivity contribution >= 4 is 21.8 Å². The molecule has 0 unspecified atom stereocenters. The molecule has 0 saturated carbocycles. The summed E-state index contributed by atoms with van der Waals surface area (Å²) < 4.78 is 61.3. The fraction of sp³-hybridized carbons (Fsp3) is 0.391. The summed E-state index contributed by atoms with van der Waals surface area (Å²) in [5.74, 6) is -0.0190. The molecule has 2 aromatic carbocycles. The lowest BCUT2D eigenvalue weighted by molar-refractivity contribution is -0.141. The molecule has 0 bridgehead atoms. The Labute approximate surface area is 201 Å². The summed E-state index contributed by atoms with van der Waals surface area (Å²) in [6, 6.07) is 7.03. The van der Waals surface area contributed by atoms with Gasteiger partial charge in [-0.2, -0.15) is 8.42 Å². The minimum Gasteiger partial charge on any atom is -0.493 e. The predicted molar refractivity (Wildman–Crippen MR) is 121 cm³/mol. The molecule has 186 valence electrons. The van der Waals surface area contributed by atoms with Crippen molar-refractivity contribution in [2.24, 2.45) is 17.0 Å². The van der Waals surface area contributed by atoms with Gasteiger partial charge in [-0.25, -0.2) is 0 Å². The molecule has 1 fully saturated rings. The highest BCUT2D eigenvalue weighted by molar-refractivity contribution is 7.85. The normalized spacial score (nSPS) is 23.4. The third-order valence-electron chi connectivity index (χ3n) is 6.29. The van der Waals surface area contributed by atoms with E-state index in [-0.39, 0.29) is 19.1 Å². The number of esters is 1. The van der Waals surface area contributed by atoms with Crippen LogP contribution in [0.25, 0.3) is 0 Å². The van der Waals surface area contributed by atoms with Crippen LogP contribution in [0.5, 0.6) is 28.7 Å². The molecule has 3 atom stereocenters. The van der Waals surface area contributed by atoms with Gasteiger partial charge >= 0.3 is 16.1 Å². The van der Waals surface area contributed by atoms with Crippen LogP contribution in [0.3, 0.4) is 0 Å². The number of benzene rings is 2. The summed E-state index contributed by atoms with van der Waals surface area (Å²) in [6.45, 7) is 0.0541. The molecule has 1 aliphatic carbocycles. The van der Waals surface area contributed by atoms with Gasteiger partial charge < -0.3 is 28.4 Å². The molecule has 12 heteroatoms. The number of ether oxygens (including phenoxy) is 6. The molecule has 0 spiro atoms. The Morgan fingerprint density at radius 1 is 0.943 bits per heavy atom. The number of nitrogens with zero attached hydrogens (tertiary/aromatic N) is 1. The summed E-state index contributed by atoms with van der Waals surface area (Å²) >= 11 is 0. The second-order valence-electron chi connectivity index (χ2n) is 8.25. The first kappa shape index (κ1) is 23.1. The van der Waals surface area contributed by atoms with Gasteiger partial charge in [-0.05, 0) is 35.4 Å². The van der Waals surface area contributed by atoms with Crippen LogP contribution in [0.4, 0.5) is 0 Å². The Balaban J connectivity index is 1.77. The second kappa shape index (κ2) is 8.52. The second-order valence-corrected chi connectivity index (χ2v) is 9.80. The molecule has 2 aliphatic heterocycles. The molecule has 0 amide bonds. The zero-order chi connectivity index (χ0) is 24.9. The maximum absolute atomic E-state index is 13.0. The number of carbonyl (C=O) groups excluding carboxylic acids is 1. The van der Waals surface area contributed by atoms with E-state index in [0.717, 1.165) is 6.26 Å². The average molecular weight is 506 g/mol. The number of oxime groups is 1. The highest BCUT2D eigenvalue weighted by atomic mass is 32.2. The number of methoxy groups -OCH3 is 3. The van der Waals surface area contributed by atoms with Crippen molar-refractivity contribution in [3.05, 3.63) is 41.0 Å². The first-order valence-electron chi connectivity index (χ1n) is 10.6. The summed E-state index contributed by atoms with van der Waals surface area (Å²) in [6.07, 6.45) is 0.896. The van der Waals surface area contributed by atoms with Gasteiger partial charge in [-0.3, -0.25) is 9.08 Å². The monoisotopic (exact) mass is 505 g/mol. The number of cyclic esters (lactones) is 1. The van der Waals surface area contributed by atoms with Crippen LogP contribution in [0, 0.1) is 11.8 Å². The van der Waals surface area contributed by atoms with Crippen molar-refractivity contribution in [3.63, 3.8) is 0 Å². The zero-order valence-electron chi connectivity index (χ0n) is 19.4. The van der Waals surface area contributed by atoms with Crippen LogP contribution in [-0.4, -0.2) is 61.1 Å². The van der Waals surface area contributed by atoms with Crippen molar-refractivity contribution in [1.82, 2.24) is 0 Å². The molecule has 2 aromatic rings. The topological polar surface area (TPSA) is 128 Å². The van der Waals surface area contributed by atoms with Crippen molar-refractivity contribution in [2.75, 3.05) is 41.0 Å². The van der Waals surface area contributed by atoms with E-state index >= 15 is 0 Å². The van der Waals surface area contributed by atoms with Crippen LogP contribution >= 0.6 is 0 Å². The fourth-order valence-electron chi connectivity index (χ4n) is 4.88. The van der Waals surface area contributed by atoms with Crippen molar-refractivity contribution in [2.45, 2.75) is 5.92 Å². The van der Waals surface area contributed by atoms with E-state index in [9.17, 15) is 13.2 Å². The number of fused-ring (bicyclic) bond motifs is 3. The van der Waals surface area contributed by atoms with Crippen molar-refractivity contribution in [3.8, 4) is 28.7 Å². The van der Waals surface area contributed by atoms with Gasteiger partial charge in [0, 0.05) is 11.5 Å². The third-order valence-corrected chi connectivity index (χ3v) is 6.64. The average Bonchev–Trinajstić information content (AvgIpc) is 3.45. The van der Waals surface area contributed by atoms with Crippen LogP contribution in [0.2, 0.25) is 0 Å². The fourth-order valence-corrected chi connectivity index (χ4v) is 5.09. The minimum atomic E-state index is -3.89. The van der Waals surface area contributed by atoms with Gasteiger partial charge in [0.2, 0.25) is 12.5 Å². The third kappa shape index (κ3) is 3.87. The molecule has 0 N–H and O–H groups in total. The summed E-state index contributed by atoms with van der Waals surface area (Å²) in [7, 11) is 0.634. The quantitative estimate of drug-likeness (QED) is 0.425. The van der Waals surface area contributed by atoms with E-state index in [1.54, 1.807) is 24.3 Å². The predicted octanol–water partition coefficient (Wildman–Crippen LogP) is 2.06. The van der Waals surface area contributed by atoms with Crippen LogP contribution in [0.15, 0.2) is 29.4 Å². The molecule has 5 rings (SSSR count). The molecule has 11 nitrogen and oxygen atoms in total. The Kier molecular flexibility index (Phi) is 5.62. The Morgan fingerprint density at radius 2 is 1.60 bits per heavy atom. The Hall–Kier alpha value is -3.67. The molecule has 1 saturated heterocycles. The van der Waals surface area contributed by atoms with Crippen LogP contribution in [-0.2, 0) is 23.9 Å². The van der Waals surface area contributed by atoms with Gasteiger partial charge in [0.1, 0.15) is 6.61 Å². The number of carbonyl (C=O) groups is 1. The molecule has 3 aliphatic rings. The smallest absolute Gasteiger partial charge is 0.325 e. The van der Waals surface area contributed by atoms with Crippen LogP contribution < -0.4 is 23.7 Å². The van der Waals surface area contributed by atoms with Gasteiger partial charge in [0.15, 0.2) is 23.0 Å². The highest BCUT2D eigenvalue weighted by Gasteiger charge is 2.52. The minimum absolute atomic E-state index is 0.0181. The maximum Gasteiger partial charge on any atom is 0.325 e. The largest absolute Gasteiger partial charge is 0.493 e. The first-order valence-corrected chi connectivity index (χ1v) is 12.4. The lowest BCUT2D eigenvalue weighted by Crippen LogP contribution is -2.37. The van der Waals surface area contributed by atoms with E-state index in [1.165, 1.54) is 21.3 Å². The molecule has 35 heavy (non-hydrogen) atoms. The van der Waals surface area contributed by atoms with E-state index in [2.05, 4.69) is 5.16 Å². The van der Waals surface area contributed by atoms with Gasteiger partial charge in [0.05, 0.1) is 45.1 Å². The van der Waals surface area contributed by atoms with Crippen molar-refractivity contribution in [1.29, 1.82) is 0 Å². The number of hydrogen-bond acceptors (Lipinski definition) is 11. The molecule has 0 aromatic heterocycles. The summed E-state index contributed by atoms with van der Waals surface area (Å²) in [5, 5.41) is 3.95. The standard InChI is InChI=1S/C23H23NO10S/c1-28-17-5-11(6-18(29-2)22(17)30-3)19-12-7-15-16(33-10-32-15)8-13(12)21(24-34-35(4,26)27)14-9-31-23(25)20(14)19/h5-8,14,19-20H,9-10H2,1-4H3/b24-21-/t14-,19+,20+/m0/s1. The molecule has 2 heterocycles. The van der Waals surface area contributed by atoms with E-state index in [0.29, 0.717) is 45.4 Å². The zero-order valence-corrected chi connectivity index (χ0v) is 20.2. The van der Waals surface area contributed by atoms with E-state index in [4.69, 9.17) is 32.7 Å². The van der Waals surface area contributed by atoms with E-state index in [1.807, 2.05) is 0 Å². The molecule has 0 radical (unpaired) electrons. The number of hydrogen-bond donors (Lipinski definition) is 0. The maximum atomic E-state index is 13.0. The Bertz CT molecular complexity index is 1310. The van der Waals surface area contributed by atoms with Gasteiger partial charge in [-0.15, -0.1) is 0 Å². The van der Waals surface area contributed by atoms with Crippen LogP contribution in [0.1, 0.15) is 22.6 Å².